The third-order valence-corrected chi connectivity index (χ3v) is 1.72. The van der Waals surface area contributed by atoms with Crippen molar-refractivity contribution in [3.05, 3.63) is 0 Å². The molecule has 0 aliphatic carbocycles. The second-order valence-corrected chi connectivity index (χ2v) is 2.64. The van der Waals surface area contributed by atoms with Crippen molar-refractivity contribution in [1.29, 1.82) is 0 Å². The van der Waals surface area contributed by atoms with E-state index in [0.717, 1.165) is 6.42 Å². The molecule has 1 aliphatic rings. The highest BCUT2D eigenvalue weighted by molar-refractivity contribution is 4.68. The van der Waals surface area contributed by atoms with Gasteiger partial charge in [0.2, 0.25) is 0 Å². The maximum absolute atomic E-state index is 11.6. The molecule has 5 heteroatoms. The molecule has 1 rings (SSSR count). The largest absolute Gasteiger partial charge is 0.524 e. The second-order valence-electron chi connectivity index (χ2n) is 2.64. The maximum Gasteiger partial charge on any atom is 0.524 e. The number of rotatable bonds is 1. The summed E-state index contributed by atoms with van der Waals surface area (Å²) < 4.78 is 38.7. The van der Waals surface area contributed by atoms with Crippen molar-refractivity contribution < 1.29 is 17.9 Å². The average molecular weight is 169 g/mol. The number of hydrogen-bond donors (Lipinski definition) is 0. The van der Waals surface area contributed by atoms with Gasteiger partial charge in [-0.15, -0.1) is 13.2 Å². The number of halogens is 3. The van der Waals surface area contributed by atoms with Crippen LogP contribution in [0.4, 0.5) is 13.2 Å². The Kier molecular flexibility index (Phi) is 2.39. The van der Waals surface area contributed by atoms with Crippen molar-refractivity contribution in [1.82, 2.24) is 4.90 Å². The van der Waals surface area contributed by atoms with E-state index in [4.69, 9.17) is 0 Å². The molecule has 0 N–H and O–H groups in total. The van der Waals surface area contributed by atoms with Crippen LogP contribution in [0.25, 0.3) is 0 Å². The first-order valence-electron chi connectivity index (χ1n) is 3.44. The zero-order chi connectivity index (χ0) is 8.48. The molecule has 0 radical (unpaired) electrons. The first-order chi connectivity index (χ1) is 4.99. The van der Waals surface area contributed by atoms with Gasteiger partial charge in [0.15, 0.2) is 0 Å². The fourth-order valence-electron chi connectivity index (χ4n) is 1.18. The summed E-state index contributed by atoms with van der Waals surface area (Å²) in [6.45, 7) is 0.681. The Morgan fingerprint density at radius 3 is 2.45 bits per heavy atom. The zero-order valence-electron chi connectivity index (χ0n) is 6.19. The lowest BCUT2D eigenvalue weighted by molar-refractivity contribution is -0.355. The summed E-state index contributed by atoms with van der Waals surface area (Å²) in [6, 6.07) is 0. The van der Waals surface area contributed by atoms with Crippen LogP contribution in [0.15, 0.2) is 0 Å². The minimum atomic E-state index is -4.50. The van der Waals surface area contributed by atoms with Gasteiger partial charge >= 0.3 is 6.36 Å². The molecule has 0 spiro atoms. The standard InChI is InChI=1S/C6H10F3NO/c1-10-4-2-3-5(10)11-6(7,8)9/h5H,2-4H2,1H3. The minimum Gasteiger partial charge on any atom is -0.281 e. The molecule has 1 atom stereocenters. The van der Waals surface area contributed by atoms with E-state index < -0.39 is 12.6 Å². The molecule has 0 amide bonds. The van der Waals surface area contributed by atoms with Gasteiger partial charge in [-0.25, -0.2) is 0 Å². The number of alkyl halides is 3. The fraction of sp³-hybridized carbons (Fsp3) is 1.00. The summed E-state index contributed by atoms with van der Waals surface area (Å²) in [6.07, 6.45) is -4.02. The summed E-state index contributed by atoms with van der Waals surface area (Å²) in [7, 11) is 1.63. The Bertz CT molecular complexity index is 136. The van der Waals surface area contributed by atoms with E-state index in [9.17, 15) is 13.2 Å². The number of ether oxygens (including phenoxy) is 1. The topological polar surface area (TPSA) is 12.5 Å². The molecule has 0 bridgehead atoms. The SMILES string of the molecule is CN1CCCC1OC(F)(F)F. The lowest BCUT2D eigenvalue weighted by atomic mass is 10.4. The van der Waals surface area contributed by atoms with Gasteiger partial charge in [-0.2, -0.15) is 0 Å². The number of hydrogen-bond acceptors (Lipinski definition) is 2. The molecule has 0 aromatic rings. The molecule has 1 aliphatic heterocycles. The Hall–Kier alpha value is -0.290. The predicted octanol–water partition coefficient (Wildman–Crippen LogP) is 1.57. The van der Waals surface area contributed by atoms with Gasteiger partial charge < -0.3 is 0 Å². The van der Waals surface area contributed by atoms with Crippen LogP contribution in [-0.2, 0) is 4.74 Å². The van der Waals surface area contributed by atoms with Crippen molar-refractivity contribution in [2.24, 2.45) is 0 Å². The molecule has 0 saturated carbocycles. The Morgan fingerprint density at radius 1 is 1.45 bits per heavy atom. The molecule has 11 heavy (non-hydrogen) atoms. The zero-order valence-corrected chi connectivity index (χ0v) is 6.19. The summed E-state index contributed by atoms with van der Waals surface area (Å²) in [5.74, 6) is 0. The highest BCUT2D eigenvalue weighted by atomic mass is 19.4. The molecule has 1 heterocycles. The first kappa shape index (κ1) is 8.80. The summed E-state index contributed by atoms with van der Waals surface area (Å²) in [5, 5.41) is 0. The molecule has 1 unspecified atom stereocenters. The molecule has 0 aromatic heterocycles. The van der Waals surface area contributed by atoms with Gasteiger partial charge in [0, 0.05) is 6.54 Å². The second kappa shape index (κ2) is 2.98. The maximum atomic E-state index is 11.6. The lowest BCUT2D eigenvalue weighted by Gasteiger charge is -2.20. The average Bonchev–Trinajstić information content (AvgIpc) is 2.12. The molecular formula is C6H10F3NO. The van der Waals surface area contributed by atoms with Crippen LogP contribution in [0, 0.1) is 0 Å². The minimum absolute atomic E-state index is 0.468. The van der Waals surface area contributed by atoms with E-state index in [1.807, 2.05) is 0 Å². The number of likely N-dealkylation sites (tertiary alicyclic amines) is 1. The van der Waals surface area contributed by atoms with Crippen LogP contribution in [0.1, 0.15) is 12.8 Å². The van der Waals surface area contributed by atoms with Crippen LogP contribution in [-0.4, -0.2) is 31.1 Å². The Labute approximate surface area is 62.9 Å². The predicted molar refractivity (Wildman–Crippen MR) is 32.8 cm³/mol. The molecule has 2 nitrogen and oxygen atoms in total. The van der Waals surface area contributed by atoms with Gasteiger partial charge in [0.05, 0.1) is 0 Å². The van der Waals surface area contributed by atoms with Crippen LogP contribution in [0.3, 0.4) is 0 Å². The molecular weight excluding hydrogens is 159 g/mol. The quantitative estimate of drug-likeness (QED) is 0.590. The highest BCUT2D eigenvalue weighted by Crippen LogP contribution is 2.25. The van der Waals surface area contributed by atoms with Crippen LogP contribution < -0.4 is 0 Å². The van der Waals surface area contributed by atoms with Gasteiger partial charge in [0.1, 0.15) is 6.23 Å². The Morgan fingerprint density at radius 2 is 2.09 bits per heavy atom. The molecule has 1 fully saturated rings. The van der Waals surface area contributed by atoms with Crippen LogP contribution >= 0.6 is 0 Å². The lowest BCUT2D eigenvalue weighted by Crippen LogP contribution is -2.33. The fourth-order valence-corrected chi connectivity index (χ4v) is 1.18. The van der Waals surface area contributed by atoms with Crippen molar-refractivity contribution in [2.45, 2.75) is 25.4 Å². The third-order valence-electron chi connectivity index (χ3n) is 1.72. The van der Waals surface area contributed by atoms with Gasteiger partial charge in [-0.3, -0.25) is 9.64 Å². The van der Waals surface area contributed by atoms with E-state index >= 15 is 0 Å². The molecule has 66 valence electrons. The molecule has 0 aromatic carbocycles. The van der Waals surface area contributed by atoms with Crippen molar-refractivity contribution in [3.63, 3.8) is 0 Å². The smallest absolute Gasteiger partial charge is 0.281 e. The van der Waals surface area contributed by atoms with E-state index in [1.54, 1.807) is 11.9 Å². The summed E-state index contributed by atoms with van der Waals surface area (Å²) in [4.78, 5) is 1.56. The first-order valence-corrected chi connectivity index (χ1v) is 3.44. The highest BCUT2D eigenvalue weighted by Gasteiger charge is 2.36. The summed E-state index contributed by atoms with van der Waals surface area (Å²) in [5.41, 5.74) is 0. The summed E-state index contributed by atoms with van der Waals surface area (Å²) >= 11 is 0. The van der Waals surface area contributed by atoms with Crippen molar-refractivity contribution >= 4 is 0 Å². The van der Waals surface area contributed by atoms with Gasteiger partial charge in [-0.1, -0.05) is 0 Å². The van der Waals surface area contributed by atoms with Gasteiger partial charge in [0.25, 0.3) is 0 Å². The Balaban J connectivity index is 2.37. The van der Waals surface area contributed by atoms with E-state index in [-0.39, 0.29) is 0 Å². The van der Waals surface area contributed by atoms with Crippen LogP contribution in [0.2, 0.25) is 0 Å². The van der Waals surface area contributed by atoms with Gasteiger partial charge in [-0.05, 0) is 19.9 Å². The van der Waals surface area contributed by atoms with E-state index in [2.05, 4.69) is 4.74 Å². The van der Waals surface area contributed by atoms with E-state index in [0.29, 0.717) is 13.0 Å². The van der Waals surface area contributed by atoms with Crippen molar-refractivity contribution in [3.8, 4) is 0 Å². The third kappa shape index (κ3) is 2.67. The number of nitrogens with zero attached hydrogens (tertiary/aromatic N) is 1. The van der Waals surface area contributed by atoms with E-state index in [1.165, 1.54) is 0 Å². The van der Waals surface area contributed by atoms with Crippen LogP contribution in [0.5, 0.6) is 0 Å². The monoisotopic (exact) mass is 169 g/mol. The van der Waals surface area contributed by atoms with Crippen molar-refractivity contribution in [2.75, 3.05) is 13.6 Å². The normalized spacial score (nSPS) is 27.8. The molecule has 1 saturated heterocycles.